The number of halogens is 1. The smallest absolute Gasteiger partial charge is 0.0108 e. The van der Waals surface area contributed by atoms with Gasteiger partial charge in [-0.25, -0.2) is 0 Å². The first-order valence-corrected chi connectivity index (χ1v) is 6.20. The Kier molecular flexibility index (Phi) is 2.42. The predicted molar refractivity (Wildman–Crippen MR) is 58.8 cm³/mol. The number of benzene rings is 1. The highest BCUT2D eigenvalue weighted by Crippen LogP contribution is 2.39. The van der Waals surface area contributed by atoms with E-state index in [1.54, 1.807) is 5.56 Å². The minimum atomic E-state index is 0.803. The minimum Gasteiger partial charge on any atom is -0.125 e. The van der Waals surface area contributed by atoms with Gasteiger partial charge in [-0.1, -0.05) is 40.8 Å². The summed E-state index contributed by atoms with van der Waals surface area (Å²) in [5, 5.41) is 0. The summed E-state index contributed by atoms with van der Waals surface area (Å²) in [6.45, 7) is 0. The second-order valence-electron chi connectivity index (χ2n) is 2.70. The molecular formula is C9H9IS. The normalized spacial score (nSPS) is 21.7. The van der Waals surface area contributed by atoms with Crippen molar-refractivity contribution in [3.05, 3.63) is 29.8 Å². The summed E-state index contributed by atoms with van der Waals surface area (Å²) in [4.78, 5) is 1.49. The maximum atomic E-state index is 2.47. The molecule has 58 valence electrons. The Morgan fingerprint density at radius 2 is 2.27 bits per heavy atom. The number of hydrogen-bond donors (Lipinski definition) is 0. The molecule has 1 atom stereocenters. The van der Waals surface area contributed by atoms with Crippen LogP contribution in [0.15, 0.2) is 29.2 Å². The molecule has 1 aromatic rings. The predicted octanol–water partition coefficient (Wildman–Crippen LogP) is 3.31. The zero-order valence-corrected chi connectivity index (χ0v) is 9.06. The topological polar surface area (TPSA) is 0 Å². The minimum absolute atomic E-state index is 0.803. The Hall–Kier alpha value is 0.300. The van der Waals surface area contributed by atoms with Crippen molar-refractivity contribution in [1.29, 1.82) is 0 Å². The molecule has 0 bridgehead atoms. The fourth-order valence-corrected chi connectivity index (χ4v) is 3.82. The van der Waals surface area contributed by atoms with E-state index in [4.69, 9.17) is 0 Å². The van der Waals surface area contributed by atoms with Crippen LogP contribution in [0.5, 0.6) is 0 Å². The van der Waals surface area contributed by atoms with Gasteiger partial charge in [0.05, 0.1) is 0 Å². The average Bonchev–Trinajstić information content (AvgIpc) is 2.47. The quantitative estimate of drug-likeness (QED) is 0.560. The molecule has 1 aliphatic rings. The zero-order valence-electron chi connectivity index (χ0n) is 6.09. The highest BCUT2D eigenvalue weighted by molar-refractivity contribution is 14.1. The van der Waals surface area contributed by atoms with Crippen LogP contribution < -0.4 is 0 Å². The van der Waals surface area contributed by atoms with E-state index in [0.717, 1.165) is 5.92 Å². The molecule has 0 aromatic heterocycles. The second-order valence-corrected chi connectivity index (χ2v) is 4.64. The van der Waals surface area contributed by atoms with Crippen molar-refractivity contribution in [2.45, 2.75) is 10.8 Å². The van der Waals surface area contributed by atoms with Crippen LogP contribution in [0.4, 0.5) is 0 Å². The molecule has 0 aliphatic carbocycles. The number of alkyl halides is 1. The van der Waals surface area contributed by atoms with Gasteiger partial charge in [-0.15, -0.1) is 11.8 Å². The Labute approximate surface area is 84.9 Å². The highest BCUT2D eigenvalue weighted by atomic mass is 127. The fraction of sp³-hybridized carbons (Fsp3) is 0.333. The Balaban J connectivity index is 2.39. The van der Waals surface area contributed by atoms with Gasteiger partial charge in [-0.05, 0) is 11.6 Å². The molecule has 0 amide bonds. The van der Waals surface area contributed by atoms with Crippen LogP contribution in [-0.4, -0.2) is 10.2 Å². The van der Waals surface area contributed by atoms with Crippen LogP contribution in [0.1, 0.15) is 11.5 Å². The molecule has 0 nitrogen and oxygen atoms in total. The number of rotatable bonds is 1. The summed E-state index contributed by atoms with van der Waals surface area (Å²) in [5.74, 6) is 2.08. The zero-order chi connectivity index (χ0) is 7.68. The van der Waals surface area contributed by atoms with Crippen LogP contribution in [0.25, 0.3) is 0 Å². The Bertz CT molecular complexity index is 259. The van der Waals surface area contributed by atoms with E-state index in [2.05, 4.69) is 46.9 Å². The third kappa shape index (κ3) is 1.43. The number of fused-ring (bicyclic) bond motifs is 1. The lowest BCUT2D eigenvalue weighted by atomic mass is 10.0. The molecule has 1 heterocycles. The van der Waals surface area contributed by atoms with Crippen LogP contribution in [-0.2, 0) is 0 Å². The van der Waals surface area contributed by atoms with Gasteiger partial charge in [-0.2, -0.15) is 0 Å². The largest absolute Gasteiger partial charge is 0.125 e. The average molecular weight is 276 g/mol. The lowest BCUT2D eigenvalue weighted by Gasteiger charge is -2.03. The molecule has 2 heteroatoms. The summed E-state index contributed by atoms with van der Waals surface area (Å²) in [6, 6.07) is 8.76. The molecule has 2 rings (SSSR count). The number of thioether (sulfide) groups is 1. The van der Waals surface area contributed by atoms with Crippen LogP contribution in [0.3, 0.4) is 0 Å². The van der Waals surface area contributed by atoms with Crippen molar-refractivity contribution in [2.24, 2.45) is 0 Å². The fourth-order valence-electron chi connectivity index (χ4n) is 1.36. The van der Waals surface area contributed by atoms with Gasteiger partial charge in [0.1, 0.15) is 0 Å². The van der Waals surface area contributed by atoms with E-state index in [1.165, 1.54) is 15.1 Å². The van der Waals surface area contributed by atoms with E-state index < -0.39 is 0 Å². The standard InChI is InChI=1S/C9H9IS/c10-5-7-6-11-9-4-2-1-3-8(7)9/h1-4,7H,5-6H2. The first kappa shape index (κ1) is 7.92. The molecule has 0 saturated heterocycles. The first-order chi connectivity index (χ1) is 5.42. The lowest BCUT2D eigenvalue weighted by molar-refractivity contribution is 0.911. The molecule has 1 unspecified atom stereocenters. The number of hydrogen-bond acceptors (Lipinski definition) is 1. The van der Waals surface area contributed by atoms with Crippen molar-refractivity contribution in [1.82, 2.24) is 0 Å². The van der Waals surface area contributed by atoms with Gasteiger partial charge in [0.15, 0.2) is 0 Å². The van der Waals surface area contributed by atoms with Crippen molar-refractivity contribution >= 4 is 34.4 Å². The van der Waals surface area contributed by atoms with E-state index in [1.807, 2.05) is 11.8 Å². The third-order valence-electron chi connectivity index (χ3n) is 1.99. The van der Waals surface area contributed by atoms with Gasteiger partial charge in [0.25, 0.3) is 0 Å². The molecule has 11 heavy (non-hydrogen) atoms. The van der Waals surface area contributed by atoms with Crippen molar-refractivity contribution in [3.63, 3.8) is 0 Å². The summed E-state index contributed by atoms with van der Waals surface area (Å²) >= 11 is 4.47. The molecule has 1 aromatic carbocycles. The Morgan fingerprint density at radius 1 is 1.45 bits per heavy atom. The summed E-state index contributed by atoms with van der Waals surface area (Å²) in [7, 11) is 0. The van der Waals surface area contributed by atoms with E-state index >= 15 is 0 Å². The highest BCUT2D eigenvalue weighted by Gasteiger charge is 2.20. The SMILES string of the molecule is ICC1CSc2ccccc21. The van der Waals surface area contributed by atoms with Gasteiger partial charge < -0.3 is 0 Å². The molecule has 0 radical (unpaired) electrons. The maximum absolute atomic E-state index is 2.47. The van der Waals surface area contributed by atoms with Crippen molar-refractivity contribution in [3.8, 4) is 0 Å². The lowest BCUT2D eigenvalue weighted by Crippen LogP contribution is -1.96. The van der Waals surface area contributed by atoms with E-state index in [-0.39, 0.29) is 0 Å². The first-order valence-electron chi connectivity index (χ1n) is 3.69. The molecule has 1 aliphatic heterocycles. The van der Waals surface area contributed by atoms with Gasteiger partial charge >= 0.3 is 0 Å². The summed E-state index contributed by atoms with van der Waals surface area (Å²) in [6.07, 6.45) is 0. The van der Waals surface area contributed by atoms with E-state index in [0.29, 0.717) is 0 Å². The van der Waals surface area contributed by atoms with Crippen LogP contribution in [0.2, 0.25) is 0 Å². The molecular weight excluding hydrogens is 267 g/mol. The molecule has 0 spiro atoms. The summed E-state index contributed by atoms with van der Waals surface area (Å²) in [5.41, 5.74) is 1.56. The van der Waals surface area contributed by atoms with Gasteiger partial charge in [0.2, 0.25) is 0 Å². The van der Waals surface area contributed by atoms with E-state index in [9.17, 15) is 0 Å². The molecule has 0 N–H and O–H groups in total. The monoisotopic (exact) mass is 276 g/mol. The second kappa shape index (κ2) is 3.35. The summed E-state index contributed by atoms with van der Waals surface area (Å²) < 4.78 is 1.25. The van der Waals surface area contributed by atoms with Crippen LogP contribution in [0, 0.1) is 0 Å². The Morgan fingerprint density at radius 3 is 3.09 bits per heavy atom. The van der Waals surface area contributed by atoms with Crippen LogP contribution >= 0.6 is 34.4 Å². The third-order valence-corrected chi connectivity index (χ3v) is 4.30. The molecule has 0 saturated carbocycles. The van der Waals surface area contributed by atoms with Gasteiger partial charge in [0, 0.05) is 21.0 Å². The maximum Gasteiger partial charge on any atom is 0.0108 e. The van der Waals surface area contributed by atoms with Crippen molar-refractivity contribution in [2.75, 3.05) is 10.2 Å². The molecule has 0 fully saturated rings. The van der Waals surface area contributed by atoms with Crippen molar-refractivity contribution < 1.29 is 0 Å². The van der Waals surface area contributed by atoms with Gasteiger partial charge in [-0.3, -0.25) is 0 Å².